The minimum atomic E-state index is -1.01. The van der Waals surface area contributed by atoms with E-state index in [9.17, 15) is 14.7 Å². The number of benzene rings is 1. The molecule has 2 aliphatic heterocycles. The molecule has 2 N–H and O–H groups in total. The lowest BCUT2D eigenvalue weighted by Gasteiger charge is -2.27. The smallest absolute Gasteiger partial charge is 0.251 e. The number of hydrogen-bond acceptors (Lipinski definition) is 4. The maximum absolute atomic E-state index is 12.4. The molecule has 0 radical (unpaired) electrons. The van der Waals surface area contributed by atoms with Crippen molar-refractivity contribution < 1.29 is 19.4 Å². The van der Waals surface area contributed by atoms with Crippen LogP contribution in [0.4, 0.5) is 0 Å². The van der Waals surface area contributed by atoms with Gasteiger partial charge in [0.25, 0.3) is 11.8 Å². The molecule has 3 rings (SSSR count). The average molecular weight is 318 g/mol. The van der Waals surface area contributed by atoms with Crippen molar-refractivity contribution in [2.45, 2.75) is 37.8 Å². The Morgan fingerprint density at radius 3 is 2.96 bits per heavy atom. The Balaban J connectivity index is 1.80. The van der Waals surface area contributed by atoms with Crippen LogP contribution in [0.25, 0.3) is 0 Å². The topological polar surface area (TPSA) is 78.9 Å². The quantitative estimate of drug-likeness (QED) is 0.746. The highest BCUT2D eigenvalue weighted by Crippen LogP contribution is 2.22. The first-order valence-corrected chi connectivity index (χ1v) is 8.15. The third-order valence-electron chi connectivity index (χ3n) is 4.42. The molecular formula is C17H22N2O4. The number of aliphatic hydroxyl groups excluding tert-OH is 1. The fourth-order valence-corrected chi connectivity index (χ4v) is 3.13. The van der Waals surface area contributed by atoms with E-state index < -0.39 is 6.10 Å². The SMILES string of the molecule is O=C1NCCCC(O)C(=O)N2CCCC2COc2cccc1c2. The van der Waals surface area contributed by atoms with Crippen LogP contribution < -0.4 is 10.1 Å². The molecule has 6 nitrogen and oxygen atoms in total. The van der Waals surface area contributed by atoms with E-state index in [1.54, 1.807) is 29.2 Å². The van der Waals surface area contributed by atoms with Crippen LogP contribution in [0.1, 0.15) is 36.0 Å². The van der Waals surface area contributed by atoms with Gasteiger partial charge in [0.1, 0.15) is 18.5 Å². The third kappa shape index (κ3) is 3.64. The normalized spacial score (nSPS) is 26.0. The van der Waals surface area contributed by atoms with E-state index in [2.05, 4.69) is 5.32 Å². The van der Waals surface area contributed by atoms with Gasteiger partial charge >= 0.3 is 0 Å². The predicted octanol–water partition coefficient (Wildman–Crippen LogP) is 0.941. The van der Waals surface area contributed by atoms with E-state index in [1.807, 2.05) is 0 Å². The van der Waals surface area contributed by atoms with Crippen LogP contribution in [0, 0.1) is 0 Å². The fraction of sp³-hybridized carbons (Fsp3) is 0.529. The summed E-state index contributed by atoms with van der Waals surface area (Å²) in [6.07, 6.45) is 1.70. The van der Waals surface area contributed by atoms with Gasteiger partial charge in [0, 0.05) is 18.7 Å². The summed E-state index contributed by atoms with van der Waals surface area (Å²) in [5.74, 6) is 0.221. The minimum absolute atomic E-state index is 0.0161. The minimum Gasteiger partial charge on any atom is -0.491 e. The van der Waals surface area contributed by atoms with Gasteiger partial charge in [-0.3, -0.25) is 9.59 Å². The largest absolute Gasteiger partial charge is 0.491 e. The molecule has 1 aromatic rings. The second-order valence-electron chi connectivity index (χ2n) is 6.08. The second-order valence-corrected chi connectivity index (χ2v) is 6.08. The fourth-order valence-electron chi connectivity index (χ4n) is 3.13. The second kappa shape index (κ2) is 7.00. The van der Waals surface area contributed by atoms with Crippen molar-refractivity contribution in [1.82, 2.24) is 10.2 Å². The van der Waals surface area contributed by atoms with Crippen LogP contribution in [0.2, 0.25) is 0 Å². The predicted molar refractivity (Wildman–Crippen MR) is 84.2 cm³/mol. The molecular weight excluding hydrogens is 296 g/mol. The van der Waals surface area contributed by atoms with Crippen molar-refractivity contribution in [1.29, 1.82) is 0 Å². The zero-order valence-electron chi connectivity index (χ0n) is 13.0. The number of nitrogens with one attached hydrogen (secondary N) is 1. The van der Waals surface area contributed by atoms with Gasteiger partial charge in [-0.15, -0.1) is 0 Å². The standard InChI is InChI=1S/C17H22N2O4/c20-15-7-2-8-18-16(21)12-4-1-6-14(10-12)23-11-13-5-3-9-19(13)17(15)22/h1,4,6,10,13,15,20H,2-3,5,7-9,11H2,(H,18,21). The van der Waals surface area contributed by atoms with Crippen LogP contribution in [-0.2, 0) is 4.79 Å². The van der Waals surface area contributed by atoms with Crippen molar-refractivity contribution in [3.63, 3.8) is 0 Å². The zero-order valence-corrected chi connectivity index (χ0v) is 13.0. The summed E-state index contributed by atoms with van der Waals surface area (Å²) in [6, 6.07) is 7.04. The molecule has 1 fully saturated rings. The van der Waals surface area contributed by atoms with E-state index in [-0.39, 0.29) is 17.9 Å². The lowest BCUT2D eigenvalue weighted by atomic mass is 10.1. The van der Waals surface area contributed by atoms with E-state index in [1.165, 1.54) is 0 Å². The van der Waals surface area contributed by atoms with Gasteiger partial charge in [0.2, 0.25) is 0 Å². The van der Waals surface area contributed by atoms with Gasteiger partial charge in [-0.1, -0.05) is 6.07 Å². The summed E-state index contributed by atoms with van der Waals surface area (Å²) in [4.78, 5) is 26.2. The van der Waals surface area contributed by atoms with Crippen molar-refractivity contribution in [3.8, 4) is 5.75 Å². The average Bonchev–Trinajstić information content (AvgIpc) is 3.03. The van der Waals surface area contributed by atoms with Crippen LogP contribution in [0.5, 0.6) is 5.75 Å². The van der Waals surface area contributed by atoms with Gasteiger partial charge in [-0.2, -0.15) is 0 Å². The number of hydrogen-bond donors (Lipinski definition) is 2. The molecule has 0 saturated carbocycles. The Hall–Kier alpha value is -2.08. The van der Waals surface area contributed by atoms with E-state index >= 15 is 0 Å². The number of fused-ring (bicyclic) bond motifs is 3. The highest BCUT2D eigenvalue weighted by molar-refractivity contribution is 5.94. The van der Waals surface area contributed by atoms with Crippen LogP contribution in [0.15, 0.2) is 24.3 Å². The van der Waals surface area contributed by atoms with E-state index in [0.717, 1.165) is 12.8 Å². The number of ether oxygens (including phenoxy) is 1. The molecule has 2 bridgehead atoms. The Labute approximate surface area is 135 Å². The van der Waals surface area contributed by atoms with Crippen molar-refractivity contribution in [2.24, 2.45) is 0 Å². The molecule has 23 heavy (non-hydrogen) atoms. The number of carbonyl (C=O) groups excluding carboxylic acids is 2. The number of amides is 2. The van der Waals surface area contributed by atoms with Crippen LogP contribution in [-0.4, -0.2) is 53.7 Å². The Kier molecular flexibility index (Phi) is 4.81. The molecule has 0 aromatic heterocycles. The number of nitrogens with zero attached hydrogens (tertiary/aromatic N) is 1. The molecule has 6 heteroatoms. The van der Waals surface area contributed by atoms with Crippen molar-refractivity contribution in [3.05, 3.63) is 29.8 Å². The molecule has 1 aromatic carbocycles. The van der Waals surface area contributed by atoms with Crippen molar-refractivity contribution in [2.75, 3.05) is 19.7 Å². The molecule has 0 spiro atoms. The van der Waals surface area contributed by atoms with Crippen LogP contribution >= 0.6 is 0 Å². The zero-order chi connectivity index (χ0) is 16.2. The maximum atomic E-state index is 12.4. The van der Waals surface area contributed by atoms with E-state index in [0.29, 0.717) is 43.9 Å². The molecule has 2 unspecified atom stereocenters. The Bertz CT molecular complexity index is 590. The molecule has 2 amide bonds. The Morgan fingerprint density at radius 1 is 1.22 bits per heavy atom. The monoisotopic (exact) mass is 318 g/mol. The highest BCUT2D eigenvalue weighted by atomic mass is 16.5. The number of aliphatic hydroxyl groups is 1. The molecule has 1 saturated heterocycles. The summed E-state index contributed by atoms with van der Waals surface area (Å²) < 4.78 is 5.78. The summed E-state index contributed by atoms with van der Waals surface area (Å²) >= 11 is 0. The number of rotatable bonds is 0. The lowest BCUT2D eigenvalue weighted by Crippen LogP contribution is -2.44. The molecule has 0 aliphatic carbocycles. The van der Waals surface area contributed by atoms with Gasteiger partial charge in [0.15, 0.2) is 0 Å². The van der Waals surface area contributed by atoms with Gasteiger partial charge in [0.05, 0.1) is 6.04 Å². The first kappa shape index (κ1) is 15.8. The highest BCUT2D eigenvalue weighted by Gasteiger charge is 2.32. The molecule has 2 aliphatic rings. The summed E-state index contributed by atoms with van der Waals surface area (Å²) in [6.45, 7) is 1.47. The summed E-state index contributed by atoms with van der Waals surface area (Å²) in [7, 11) is 0. The lowest BCUT2D eigenvalue weighted by molar-refractivity contribution is -0.141. The number of carbonyl (C=O) groups is 2. The summed E-state index contributed by atoms with van der Waals surface area (Å²) in [5.41, 5.74) is 0.555. The third-order valence-corrected chi connectivity index (χ3v) is 4.42. The maximum Gasteiger partial charge on any atom is 0.251 e. The Morgan fingerprint density at radius 2 is 2.09 bits per heavy atom. The first-order chi connectivity index (χ1) is 11.1. The van der Waals surface area contributed by atoms with Crippen LogP contribution in [0.3, 0.4) is 0 Å². The van der Waals surface area contributed by atoms with Gasteiger partial charge < -0.3 is 20.1 Å². The molecule has 124 valence electrons. The summed E-state index contributed by atoms with van der Waals surface area (Å²) in [5, 5.41) is 12.9. The first-order valence-electron chi connectivity index (χ1n) is 8.15. The van der Waals surface area contributed by atoms with Gasteiger partial charge in [-0.25, -0.2) is 0 Å². The van der Waals surface area contributed by atoms with Crippen molar-refractivity contribution >= 4 is 11.8 Å². The van der Waals surface area contributed by atoms with Gasteiger partial charge in [-0.05, 0) is 43.9 Å². The van der Waals surface area contributed by atoms with E-state index in [4.69, 9.17) is 4.74 Å². The molecule has 2 atom stereocenters. The molecule has 2 heterocycles.